The predicted octanol–water partition coefficient (Wildman–Crippen LogP) is 3.97. The van der Waals surface area contributed by atoms with E-state index >= 15 is 0 Å². The maximum Gasteiger partial charge on any atom is 0.163 e. The zero-order valence-corrected chi connectivity index (χ0v) is 15.5. The Labute approximate surface area is 155 Å². The van der Waals surface area contributed by atoms with Gasteiger partial charge >= 0.3 is 0 Å². The second-order valence-electron chi connectivity index (χ2n) is 7.49. The molecule has 2 aliphatic heterocycles. The van der Waals surface area contributed by atoms with Crippen LogP contribution in [0.3, 0.4) is 0 Å². The van der Waals surface area contributed by atoms with Crippen molar-refractivity contribution in [3.05, 3.63) is 36.4 Å². The molecule has 0 aliphatic carbocycles. The molecular weight excluding hydrogens is 324 g/mol. The van der Waals surface area contributed by atoms with Crippen molar-refractivity contribution in [1.82, 2.24) is 9.97 Å². The number of anilines is 2. The van der Waals surface area contributed by atoms with Crippen molar-refractivity contribution in [2.24, 2.45) is 5.92 Å². The van der Waals surface area contributed by atoms with Gasteiger partial charge in [0.1, 0.15) is 11.6 Å². The van der Waals surface area contributed by atoms with Crippen LogP contribution in [0.1, 0.15) is 32.6 Å². The molecule has 1 aromatic carbocycles. The third kappa shape index (κ3) is 4.15. The number of piperidine rings is 1. The van der Waals surface area contributed by atoms with Gasteiger partial charge in [-0.05, 0) is 31.6 Å². The average Bonchev–Trinajstić information content (AvgIpc) is 3.21. The molecule has 1 N–H and O–H groups in total. The number of ether oxygens (including phenoxy) is 1. The van der Waals surface area contributed by atoms with Crippen molar-refractivity contribution in [3.8, 4) is 11.4 Å². The lowest BCUT2D eigenvalue weighted by atomic mass is 9.99. The summed E-state index contributed by atoms with van der Waals surface area (Å²) in [5.74, 6) is 3.51. The van der Waals surface area contributed by atoms with E-state index in [2.05, 4.69) is 35.3 Å². The fraction of sp³-hybridized carbons (Fsp3) is 0.524. The van der Waals surface area contributed by atoms with Gasteiger partial charge in [-0.15, -0.1) is 0 Å². The summed E-state index contributed by atoms with van der Waals surface area (Å²) < 4.78 is 5.73. The molecule has 26 heavy (non-hydrogen) atoms. The molecule has 1 unspecified atom stereocenters. The van der Waals surface area contributed by atoms with Gasteiger partial charge in [-0.3, -0.25) is 0 Å². The molecule has 0 bridgehead atoms. The minimum Gasteiger partial charge on any atom is -0.376 e. The molecule has 2 fully saturated rings. The lowest BCUT2D eigenvalue weighted by Gasteiger charge is -2.31. The van der Waals surface area contributed by atoms with Crippen molar-refractivity contribution >= 4 is 11.6 Å². The SMILES string of the molecule is CC1CCN(c2cc(NCC3CCCO3)nc(-c3ccccc3)n2)CC1. The Bertz CT molecular complexity index is 707. The Balaban J connectivity index is 1.58. The molecule has 0 spiro atoms. The summed E-state index contributed by atoms with van der Waals surface area (Å²) in [7, 11) is 0. The molecule has 5 heteroatoms. The minimum absolute atomic E-state index is 0.296. The van der Waals surface area contributed by atoms with Crippen LogP contribution in [0.2, 0.25) is 0 Å². The predicted molar refractivity (Wildman–Crippen MR) is 106 cm³/mol. The quantitative estimate of drug-likeness (QED) is 0.882. The molecule has 1 aromatic heterocycles. The molecule has 2 saturated heterocycles. The Morgan fingerprint density at radius 1 is 1.12 bits per heavy atom. The Kier molecular flexibility index (Phi) is 5.34. The smallest absolute Gasteiger partial charge is 0.163 e. The van der Waals surface area contributed by atoms with Crippen LogP contribution in [-0.2, 0) is 4.74 Å². The third-order valence-corrected chi connectivity index (χ3v) is 5.39. The summed E-state index contributed by atoms with van der Waals surface area (Å²) in [6, 6.07) is 12.3. The van der Waals surface area contributed by atoms with Gasteiger partial charge in [-0.2, -0.15) is 0 Å². The van der Waals surface area contributed by atoms with E-state index in [0.29, 0.717) is 6.10 Å². The molecule has 0 saturated carbocycles. The first-order valence-electron chi connectivity index (χ1n) is 9.83. The second-order valence-corrected chi connectivity index (χ2v) is 7.49. The van der Waals surface area contributed by atoms with Gasteiger partial charge in [-0.1, -0.05) is 37.3 Å². The van der Waals surface area contributed by atoms with Gasteiger partial charge in [-0.25, -0.2) is 9.97 Å². The number of nitrogens with one attached hydrogen (secondary N) is 1. The van der Waals surface area contributed by atoms with Crippen LogP contribution >= 0.6 is 0 Å². The monoisotopic (exact) mass is 352 g/mol. The maximum absolute atomic E-state index is 5.73. The lowest BCUT2D eigenvalue weighted by molar-refractivity contribution is 0.120. The number of rotatable bonds is 5. The maximum atomic E-state index is 5.73. The van der Waals surface area contributed by atoms with E-state index in [1.54, 1.807) is 0 Å². The Morgan fingerprint density at radius 2 is 1.92 bits per heavy atom. The van der Waals surface area contributed by atoms with E-state index in [-0.39, 0.29) is 0 Å². The fourth-order valence-corrected chi connectivity index (χ4v) is 3.66. The summed E-state index contributed by atoms with van der Waals surface area (Å²) in [5.41, 5.74) is 1.06. The summed E-state index contributed by atoms with van der Waals surface area (Å²) in [6.45, 7) is 6.15. The first kappa shape index (κ1) is 17.3. The van der Waals surface area contributed by atoms with Crippen LogP contribution in [0.4, 0.5) is 11.6 Å². The summed E-state index contributed by atoms with van der Waals surface area (Å²) >= 11 is 0. The van der Waals surface area contributed by atoms with Crippen LogP contribution in [0.5, 0.6) is 0 Å². The number of hydrogen-bond donors (Lipinski definition) is 1. The van der Waals surface area contributed by atoms with E-state index < -0.39 is 0 Å². The normalized spacial score (nSPS) is 21.1. The average molecular weight is 352 g/mol. The Hall–Kier alpha value is -2.14. The molecule has 138 valence electrons. The molecule has 2 aromatic rings. The highest BCUT2D eigenvalue weighted by atomic mass is 16.5. The summed E-state index contributed by atoms with van der Waals surface area (Å²) in [5, 5.41) is 3.48. The Morgan fingerprint density at radius 3 is 2.65 bits per heavy atom. The van der Waals surface area contributed by atoms with Gasteiger partial charge in [0.15, 0.2) is 5.82 Å². The molecular formula is C21H28N4O. The van der Waals surface area contributed by atoms with Gasteiger partial charge in [0.05, 0.1) is 6.10 Å². The second kappa shape index (κ2) is 8.04. The number of nitrogens with zero attached hydrogens (tertiary/aromatic N) is 3. The van der Waals surface area contributed by atoms with Crippen LogP contribution in [0.25, 0.3) is 11.4 Å². The van der Waals surface area contributed by atoms with Gasteiger partial charge in [0.2, 0.25) is 0 Å². The number of hydrogen-bond acceptors (Lipinski definition) is 5. The molecule has 0 amide bonds. The van der Waals surface area contributed by atoms with Crippen LogP contribution in [0, 0.1) is 5.92 Å². The summed E-state index contributed by atoms with van der Waals surface area (Å²) in [6.07, 6.45) is 5.03. The van der Waals surface area contributed by atoms with Crippen molar-refractivity contribution in [1.29, 1.82) is 0 Å². The molecule has 4 rings (SSSR count). The van der Waals surface area contributed by atoms with E-state index in [0.717, 1.165) is 68.0 Å². The highest BCUT2D eigenvalue weighted by molar-refractivity contribution is 5.61. The zero-order valence-electron chi connectivity index (χ0n) is 15.5. The fourth-order valence-electron chi connectivity index (χ4n) is 3.66. The molecule has 5 nitrogen and oxygen atoms in total. The first-order valence-corrected chi connectivity index (χ1v) is 9.83. The van der Waals surface area contributed by atoms with Crippen molar-refractivity contribution in [3.63, 3.8) is 0 Å². The van der Waals surface area contributed by atoms with E-state index in [4.69, 9.17) is 14.7 Å². The van der Waals surface area contributed by atoms with Crippen LogP contribution in [0.15, 0.2) is 36.4 Å². The zero-order chi connectivity index (χ0) is 17.8. The highest BCUT2D eigenvalue weighted by Crippen LogP contribution is 2.26. The van der Waals surface area contributed by atoms with Crippen LogP contribution < -0.4 is 10.2 Å². The lowest BCUT2D eigenvalue weighted by Crippen LogP contribution is -2.33. The van der Waals surface area contributed by atoms with E-state index in [1.807, 2.05) is 18.2 Å². The highest BCUT2D eigenvalue weighted by Gasteiger charge is 2.20. The number of benzene rings is 1. The molecule has 1 atom stereocenters. The van der Waals surface area contributed by atoms with Crippen molar-refractivity contribution in [2.45, 2.75) is 38.7 Å². The van der Waals surface area contributed by atoms with Crippen molar-refractivity contribution in [2.75, 3.05) is 36.5 Å². The third-order valence-electron chi connectivity index (χ3n) is 5.39. The standard InChI is InChI=1S/C21H28N4O/c1-16-9-11-25(12-10-16)20-14-19(22-15-18-8-5-13-26-18)23-21(24-20)17-6-3-2-4-7-17/h2-4,6-7,14,16,18H,5,8-13,15H2,1H3,(H,22,23,24). The van der Waals surface area contributed by atoms with Gasteiger partial charge in [0, 0.05) is 37.9 Å². The molecule has 0 radical (unpaired) electrons. The van der Waals surface area contributed by atoms with Gasteiger partial charge < -0.3 is 15.0 Å². The van der Waals surface area contributed by atoms with E-state index in [9.17, 15) is 0 Å². The summed E-state index contributed by atoms with van der Waals surface area (Å²) in [4.78, 5) is 12.0. The molecule has 2 aliphatic rings. The van der Waals surface area contributed by atoms with Crippen molar-refractivity contribution < 1.29 is 4.74 Å². The minimum atomic E-state index is 0.296. The topological polar surface area (TPSA) is 50.3 Å². The van der Waals surface area contributed by atoms with Crippen LogP contribution in [-0.4, -0.2) is 42.3 Å². The molecule has 3 heterocycles. The van der Waals surface area contributed by atoms with E-state index in [1.165, 1.54) is 12.8 Å². The van der Waals surface area contributed by atoms with Gasteiger partial charge in [0.25, 0.3) is 0 Å². The largest absolute Gasteiger partial charge is 0.376 e. The first-order chi connectivity index (χ1) is 12.8. The number of aromatic nitrogens is 2.